The van der Waals surface area contributed by atoms with Crippen LogP contribution in [0.3, 0.4) is 0 Å². The maximum absolute atomic E-state index is 12.6. The number of anilines is 1. The van der Waals surface area contributed by atoms with E-state index in [0.29, 0.717) is 5.69 Å². The number of carbonyl (C=O) groups excluding carboxylic acids is 2. The van der Waals surface area contributed by atoms with Crippen LogP contribution in [-0.2, 0) is 9.59 Å². The average Bonchev–Trinajstić information content (AvgIpc) is 2.60. The summed E-state index contributed by atoms with van der Waals surface area (Å²) in [6.45, 7) is -1.20. The Labute approximate surface area is 139 Å². The minimum absolute atomic E-state index is 0.0147. The number of rotatable bonds is 6. The standard InChI is InChI=1S/C17H21FN2O4/c18-10-14(17(23)24)20-16(22)12-7-4-8-13(9-12)19-15(21)11-5-2-1-3-6-11/h4,7-9,11,14H,1-3,5-6,10H2,(H,19,21)(H,20,22)(H,23,24). The molecule has 24 heavy (non-hydrogen) atoms. The molecule has 130 valence electrons. The van der Waals surface area contributed by atoms with Crippen LogP contribution in [0.25, 0.3) is 0 Å². The zero-order valence-corrected chi connectivity index (χ0v) is 13.3. The number of aliphatic carboxylic acids is 1. The summed E-state index contributed by atoms with van der Waals surface area (Å²) < 4.78 is 12.6. The molecule has 1 fully saturated rings. The van der Waals surface area contributed by atoms with Crippen LogP contribution in [0.15, 0.2) is 24.3 Å². The van der Waals surface area contributed by atoms with E-state index in [1.165, 1.54) is 12.1 Å². The van der Waals surface area contributed by atoms with Gasteiger partial charge in [0.25, 0.3) is 5.91 Å². The maximum Gasteiger partial charge on any atom is 0.328 e. The molecule has 1 unspecified atom stereocenters. The Morgan fingerprint density at radius 3 is 2.54 bits per heavy atom. The van der Waals surface area contributed by atoms with Crippen LogP contribution in [-0.4, -0.2) is 35.6 Å². The van der Waals surface area contributed by atoms with Crippen molar-refractivity contribution in [2.24, 2.45) is 5.92 Å². The number of benzene rings is 1. The molecule has 1 aromatic carbocycles. The number of carbonyl (C=O) groups is 3. The summed E-state index contributed by atoms with van der Waals surface area (Å²) in [5.41, 5.74) is 0.626. The largest absolute Gasteiger partial charge is 0.480 e. The summed E-state index contributed by atoms with van der Waals surface area (Å²) in [5, 5.41) is 13.7. The zero-order valence-electron chi connectivity index (χ0n) is 13.3. The fourth-order valence-electron chi connectivity index (χ4n) is 2.76. The molecule has 3 N–H and O–H groups in total. The van der Waals surface area contributed by atoms with Gasteiger partial charge in [-0.05, 0) is 31.0 Å². The molecule has 7 heteroatoms. The highest BCUT2D eigenvalue weighted by Crippen LogP contribution is 2.25. The molecule has 1 aliphatic carbocycles. The van der Waals surface area contributed by atoms with E-state index in [0.717, 1.165) is 32.1 Å². The van der Waals surface area contributed by atoms with Crippen molar-refractivity contribution in [3.05, 3.63) is 29.8 Å². The molecule has 1 aromatic rings. The number of amides is 2. The molecular formula is C17H21FN2O4. The fourth-order valence-corrected chi connectivity index (χ4v) is 2.76. The van der Waals surface area contributed by atoms with Gasteiger partial charge in [0.05, 0.1) is 0 Å². The normalized spacial score (nSPS) is 16.2. The summed E-state index contributed by atoms with van der Waals surface area (Å²) in [6, 6.07) is 4.58. The molecule has 0 radical (unpaired) electrons. The van der Waals surface area contributed by atoms with Crippen LogP contribution in [0, 0.1) is 5.92 Å². The van der Waals surface area contributed by atoms with Crippen molar-refractivity contribution >= 4 is 23.5 Å². The van der Waals surface area contributed by atoms with Gasteiger partial charge in [-0.1, -0.05) is 25.3 Å². The van der Waals surface area contributed by atoms with Gasteiger partial charge in [0.1, 0.15) is 6.67 Å². The van der Waals surface area contributed by atoms with Gasteiger partial charge in [0, 0.05) is 17.2 Å². The van der Waals surface area contributed by atoms with Gasteiger partial charge < -0.3 is 15.7 Å². The summed E-state index contributed by atoms with van der Waals surface area (Å²) in [5.74, 6) is -2.22. The monoisotopic (exact) mass is 336 g/mol. The van der Waals surface area contributed by atoms with Crippen molar-refractivity contribution in [3.8, 4) is 0 Å². The lowest BCUT2D eigenvalue weighted by Gasteiger charge is -2.20. The van der Waals surface area contributed by atoms with Gasteiger partial charge >= 0.3 is 5.97 Å². The Bertz CT molecular complexity index is 614. The van der Waals surface area contributed by atoms with Crippen LogP contribution in [0.4, 0.5) is 10.1 Å². The predicted molar refractivity (Wildman–Crippen MR) is 86.5 cm³/mol. The molecule has 1 aliphatic rings. The minimum Gasteiger partial charge on any atom is -0.480 e. The van der Waals surface area contributed by atoms with Crippen LogP contribution < -0.4 is 10.6 Å². The Morgan fingerprint density at radius 1 is 1.21 bits per heavy atom. The van der Waals surface area contributed by atoms with E-state index in [4.69, 9.17) is 5.11 Å². The van der Waals surface area contributed by atoms with Crippen molar-refractivity contribution in [1.82, 2.24) is 5.32 Å². The van der Waals surface area contributed by atoms with E-state index in [9.17, 15) is 18.8 Å². The van der Waals surface area contributed by atoms with Gasteiger partial charge in [0.15, 0.2) is 6.04 Å². The van der Waals surface area contributed by atoms with Crippen LogP contribution >= 0.6 is 0 Å². The second-order valence-electron chi connectivity index (χ2n) is 5.92. The maximum atomic E-state index is 12.6. The first-order valence-corrected chi connectivity index (χ1v) is 8.02. The molecule has 2 rings (SSSR count). The number of carboxylic acids is 1. The SMILES string of the molecule is O=C(NC(CF)C(=O)O)c1cccc(NC(=O)C2CCCCC2)c1. The third-order valence-corrected chi connectivity index (χ3v) is 4.13. The van der Waals surface area contributed by atoms with Crippen LogP contribution in [0.2, 0.25) is 0 Å². The van der Waals surface area contributed by atoms with Crippen LogP contribution in [0.1, 0.15) is 42.5 Å². The van der Waals surface area contributed by atoms with Crippen molar-refractivity contribution in [2.75, 3.05) is 12.0 Å². The summed E-state index contributed by atoms with van der Waals surface area (Å²) in [7, 11) is 0. The Kier molecular flexibility index (Phi) is 6.28. The lowest BCUT2D eigenvalue weighted by molar-refractivity contribution is -0.139. The Hall–Kier alpha value is -2.44. The molecule has 0 aromatic heterocycles. The van der Waals surface area contributed by atoms with Gasteiger partial charge in [-0.3, -0.25) is 9.59 Å². The summed E-state index contributed by atoms with van der Waals surface area (Å²) in [6.07, 6.45) is 4.96. The zero-order chi connectivity index (χ0) is 17.5. The summed E-state index contributed by atoms with van der Waals surface area (Å²) in [4.78, 5) is 35.0. The van der Waals surface area contributed by atoms with Crippen molar-refractivity contribution in [1.29, 1.82) is 0 Å². The van der Waals surface area contributed by atoms with E-state index >= 15 is 0 Å². The molecule has 1 saturated carbocycles. The van der Waals surface area contributed by atoms with Crippen molar-refractivity contribution in [2.45, 2.75) is 38.1 Å². The van der Waals surface area contributed by atoms with Crippen molar-refractivity contribution < 1.29 is 23.9 Å². The number of hydrogen-bond donors (Lipinski definition) is 3. The molecule has 2 amide bonds. The minimum atomic E-state index is -1.59. The van der Waals surface area contributed by atoms with E-state index in [1.54, 1.807) is 12.1 Å². The third-order valence-electron chi connectivity index (χ3n) is 4.13. The van der Waals surface area contributed by atoms with Gasteiger partial charge in [0.2, 0.25) is 5.91 Å². The second kappa shape index (κ2) is 8.42. The molecule has 0 aliphatic heterocycles. The quantitative estimate of drug-likeness (QED) is 0.743. The number of carboxylic acid groups (broad SMARTS) is 1. The van der Waals surface area contributed by atoms with Gasteiger partial charge in [-0.2, -0.15) is 0 Å². The van der Waals surface area contributed by atoms with E-state index in [-0.39, 0.29) is 17.4 Å². The van der Waals surface area contributed by atoms with Gasteiger partial charge in [-0.15, -0.1) is 0 Å². The average molecular weight is 336 g/mol. The lowest BCUT2D eigenvalue weighted by atomic mass is 9.88. The topological polar surface area (TPSA) is 95.5 Å². The molecule has 0 heterocycles. The van der Waals surface area contributed by atoms with Gasteiger partial charge in [-0.25, -0.2) is 9.18 Å². The van der Waals surface area contributed by atoms with E-state index in [1.807, 2.05) is 0 Å². The van der Waals surface area contributed by atoms with Crippen LogP contribution in [0.5, 0.6) is 0 Å². The number of alkyl halides is 1. The number of nitrogens with one attached hydrogen (secondary N) is 2. The first kappa shape index (κ1) is 17.9. The molecule has 0 spiro atoms. The highest BCUT2D eigenvalue weighted by Gasteiger charge is 2.22. The van der Waals surface area contributed by atoms with E-state index < -0.39 is 24.6 Å². The molecule has 6 nitrogen and oxygen atoms in total. The predicted octanol–water partition coefficient (Wildman–Crippen LogP) is 2.36. The number of hydrogen-bond acceptors (Lipinski definition) is 3. The Morgan fingerprint density at radius 2 is 1.92 bits per heavy atom. The number of halogens is 1. The first-order valence-electron chi connectivity index (χ1n) is 8.02. The third kappa shape index (κ3) is 4.78. The molecule has 1 atom stereocenters. The first-order chi connectivity index (χ1) is 11.5. The molecule has 0 saturated heterocycles. The second-order valence-corrected chi connectivity index (χ2v) is 5.92. The summed E-state index contributed by atoms with van der Waals surface area (Å²) >= 11 is 0. The fraction of sp³-hybridized carbons (Fsp3) is 0.471. The highest BCUT2D eigenvalue weighted by molar-refractivity contribution is 5.99. The van der Waals surface area contributed by atoms with E-state index in [2.05, 4.69) is 10.6 Å². The molecular weight excluding hydrogens is 315 g/mol. The Balaban J connectivity index is 2.01. The molecule has 0 bridgehead atoms. The lowest BCUT2D eigenvalue weighted by Crippen LogP contribution is -2.42. The van der Waals surface area contributed by atoms with Crippen molar-refractivity contribution in [3.63, 3.8) is 0 Å². The smallest absolute Gasteiger partial charge is 0.328 e. The highest BCUT2D eigenvalue weighted by atomic mass is 19.1.